The lowest BCUT2D eigenvalue weighted by atomic mass is 10.1. The van der Waals surface area contributed by atoms with Crippen molar-refractivity contribution in [2.75, 3.05) is 21.9 Å². The zero-order chi connectivity index (χ0) is 17.2. The van der Waals surface area contributed by atoms with Gasteiger partial charge in [0.15, 0.2) is 0 Å². The van der Waals surface area contributed by atoms with Crippen molar-refractivity contribution >= 4 is 38.9 Å². The first kappa shape index (κ1) is 16.8. The maximum Gasteiger partial charge on any atom is 0.255 e. The number of benzene rings is 2. The maximum absolute atomic E-state index is 12.4. The Morgan fingerprint density at radius 2 is 1.88 bits per heavy atom. The smallest absolute Gasteiger partial charge is 0.255 e. The van der Waals surface area contributed by atoms with Gasteiger partial charge in [0.25, 0.3) is 5.91 Å². The number of anilines is 2. The van der Waals surface area contributed by atoms with Gasteiger partial charge in [-0.2, -0.15) is 0 Å². The van der Waals surface area contributed by atoms with Gasteiger partial charge >= 0.3 is 0 Å². The first-order valence-corrected chi connectivity index (χ1v) is 9.62. The number of sulfonamides is 1. The quantitative estimate of drug-likeness (QED) is 0.906. The van der Waals surface area contributed by atoms with Crippen LogP contribution in [0.2, 0.25) is 5.02 Å². The van der Waals surface area contributed by atoms with Crippen LogP contribution in [0.4, 0.5) is 11.4 Å². The molecule has 126 valence electrons. The van der Waals surface area contributed by atoms with Gasteiger partial charge in [0.05, 0.1) is 22.2 Å². The van der Waals surface area contributed by atoms with E-state index in [-0.39, 0.29) is 11.7 Å². The van der Waals surface area contributed by atoms with Crippen molar-refractivity contribution in [3.63, 3.8) is 0 Å². The van der Waals surface area contributed by atoms with Crippen molar-refractivity contribution < 1.29 is 13.2 Å². The van der Waals surface area contributed by atoms with Gasteiger partial charge < -0.3 is 5.32 Å². The van der Waals surface area contributed by atoms with E-state index in [1.165, 1.54) is 4.31 Å². The van der Waals surface area contributed by atoms with E-state index in [0.29, 0.717) is 34.9 Å². The summed E-state index contributed by atoms with van der Waals surface area (Å²) < 4.78 is 25.8. The molecule has 24 heavy (non-hydrogen) atoms. The molecule has 1 N–H and O–H groups in total. The van der Waals surface area contributed by atoms with Crippen LogP contribution < -0.4 is 9.62 Å². The van der Waals surface area contributed by atoms with Crippen LogP contribution in [-0.4, -0.2) is 26.6 Å². The number of amides is 1. The number of hydrogen-bond donors (Lipinski definition) is 1. The Bertz CT molecular complexity index is 868. The Hall–Kier alpha value is -2.05. The van der Waals surface area contributed by atoms with Gasteiger partial charge in [-0.1, -0.05) is 29.8 Å². The van der Waals surface area contributed by atoms with Crippen molar-refractivity contribution in [1.29, 1.82) is 0 Å². The van der Waals surface area contributed by atoms with Crippen molar-refractivity contribution in [2.45, 2.75) is 12.8 Å². The summed E-state index contributed by atoms with van der Waals surface area (Å²) in [6.45, 7) is 0.442. The Morgan fingerprint density at radius 1 is 1.08 bits per heavy atom. The van der Waals surface area contributed by atoms with Crippen LogP contribution in [0.3, 0.4) is 0 Å². The number of carbonyl (C=O) groups excluding carboxylic acids is 1. The fourth-order valence-corrected chi connectivity index (χ4v) is 4.45. The number of nitrogens with one attached hydrogen (secondary N) is 1. The summed E-state index contributed by atoms with van der Waals surface area (Å²) in [5.41, 5.74) is 1.41. The lowest BCUT2D eigenvalue weighted by Crippen LogP contribution is -2.37. The molecule has 0 aliphatic carbocycles. The average Bonchev–Trinajstić information content (AvgIpc) is 2.56. The second-order valence-corrected chi connectivity index (χ2v) is 8.00. The SMILES string of the molecule is O=C(Nc1ccccc1Cl)c1cccc(N2CCCCS2(=O)=O)c1. The molecule has 2 aromatic rings. The third kappa shape index (κ3) is 3.55. The first-order valence-electron chi connectivity index (χ1n) is 7.64. The summed E-state index contributed by atoms with van der Waals surface area (Å²) in [6.07, 6.45) is 1.49. The van der Waals surface area contributed by atoms with Crippen molar-refractivity contribution in [1.82, 2.24) is 0 Å². The van der Waals surface area contributed by atoms with E-state index in [9.17, 15) is 13.2 Å². The number of nitrogens with zero attached hydrogens (tertiary/aromatic N) is 1. The zero-order valence-electron chi connectivity index (χ0n) is 12.9. The highest BCUT2D eigenvalue weighted by atomic mass is 35.5. The summed E-state index contributed by atoms with van der Waals surface area (Å²) in [7, 11) is -3.30. The topological polar surface area (TPSA) is 66.5 Å². The van der Waals surface area contributed by atoms with Gasteiger partial charge in [-0.05, 0) is 43.2 Å². The Morgan fingerprint density at radius 3 is 2.62 bits per heavy atom. The highest BCUT2D eigenvalue weighted by molar-refractivity contribution is 7.92. The molecule has 7 heteroatoms. The van der Waals surface area contributed by atoms with Gasteiger partial charge in [0.1, 0.15) is 0 Å². The normalized spacial score (nSPS) is 16.6. The van der Waals surface area contributed by atoms with E-state index >= 15 is 0 Å². The van der Waals surface area contributed by atoms with Crippen molar-refractivity contribution in [3.8, 4) is 0 Å². The number of carbonyl (C=O) groups is 1. The summed E-state index contributed by atoms with van der Waals surface area (Å²) in [5.74, 6) is -0.192. The molecule has 3 rings (SSSR count). The molecule has 0 atom stereocenters. The molecule has 1 aliphatic heterocycles. The third-order valence-corrected chi connectivity index (χ3v) is 6.07. The number of rotatable bonds is 3. The van der Waals surface area contributed by atoms with E-state index in [1.54, 1.807) is 48.5 Å². The standard InChI is InChI=1S/C17H17ClN2O3S/c18-15-8-1-2-9-16(15)19-17(21)13-6-5-7-14(12-13)20-10-3-4-11-24(20,22)23/h1-2,5-9,12H,3-4,10-11H2,(H,19,21). The van der Waals surface area contributed by atoms with Crippen LogP contribution in [-0.2, 0) is 10.0 Å². The summed E-state index contributed by atoms with van der Waals surface area (Å²) in [6, 6.07) is 13.6. The van der Waals surface area contributed by atoms with Gasteiger partial charge in [0.2, 0.25) is 10.0 Å². The van der Waals surface area contributed by atoms with Crippen LogP contribution in [0.25, 0.3) is 0 Å². The maximum atomic E-state index is 12.4. The molecule has 1 heterocycles. The third-order valence-electron chi connectivity index (χ3n) is 3.87. The van der Waals surface area contributed by atoms with Gasteiger partial charge in [-0.3, -0.25) is 9.10 Å². The molecular formula is C17H17ClN2O3S. The minimum atomic E-state index is -3.30. The predicted molar refractivity (Wildman–Crippen MR) is 96.2 cm³/mol. The number of hydrogen-bond acceptors (Lipinski definition) is 3. The Kier molecular flexibility index (Phi) is 4.78. The first-order chi connectivity index (χ1) is 11.5. The van der Waals surface area contributed by atoms with Gasteiger partial charge in [-0.25, -0.2) is 8.42 Å². The fraction of sp³-hybridized carbons (Fsp3) is 0.235. The van der Waals surface area contributed by atoms with Crippen LogP contribution in [0.1, 0.15) is 23.2 Å². The summed E-state index contributed by atoms with van der Waals surface area (Å²) >= 11 is 6.04. The highest BCUT2D eigenvalue weighted by Crippen LogP contribution is 2.25. The van der Waals surface area contributed by atoms with Crippen molar-refractivity contribution in [3.05, 3.63) is 59.1 Å². The highest BCUT2D eigenvalue weighted by Gasteiger charge is 2.26. The Balaban J connectivity index is 1.85. The van der Waals surface area contributed by atoms with E-state index < -0.39 is 10.0 Å². The van der Waals surface area contributed by atoms with Crippen LogP contribution in [0, 0.1) is 0 Å². The molecule has 1 aliphatic rings. The minimum Gasteiger partial charge on any atom is -0.321 e. The van der Waals surface area contributed by atoms with Crippen LogP contribution in [0.5, 0.6) is 0 Å². The van der Waals surface area contributed by atoms with E-state index in [2.05, 4.69) is 5.32 Å². The van der Waals surface area contributed by atoms with Crippen LogP contribution in [0.15, 0.2) is 48.5 Å². The second-order valence-electron chi connectivity index (χ2n) is 5.58. The predicted octanol–water partition coefficient (Wildman–Crippen LogP) is 3.52. The molecular weight excluding hydrogens is 348 g/mol. The lowest BCUT2D eigenvalue weighted by molar-refractivity contribution is 0.102. The molecule has 0 spiro atoms. The van der Waals surface area contributed by atoms with E-state index in [4.69, 9.17) is 11.6 Å². The molecule has 0 bridgehead atoms. The molecule has 0 unspecified atom stereocenters. The minimum absolute atomic E-state index is 0.142. The molecule has 1 saturated heterocycles. The number of halogens is 1. The average molecular weight is 365 g/mol. The zero-order valence-corrected chi connectivity index (χ0v) is 14.5. The van der Waals surface area contributed by atoms with E-state index in [0.717, 1.165) is 6.42 Å². The van der Waals surface area contributed by atoms with E-state index in [1.807, 2.05) is 0 Å². The van der Waals surface area contributed by atoms with Crippen molar-refractivity contribution in [2.24, 2.45) is 0 Å². The van der Waals surface area contributed by atoms with Gasteiger partial charge in [-0.15, -0.1) is 0 Å². The van der Waals surface area contributed by atoms with Crippen LogP contribution >= 0.6 is 11.6 Å². The molecule has 5 nitrogen and oxygen atoms in total. The molecule has 0 aromatic heterocycles. The molecule has 0 saturated carbocycles. The summed E-state index contributed by atoms with van der Waals surface area (Å²) in [4.78, 5) is 12.4. The fourth-order valence-electron chi connectivity index (χ4n) is 2.64. The monoisotopic (exact) mass is 364 g/mol. The number of para-hydroxylation sites is 1. The summed E-state index contributed by atoms with van der Waals surface area (Å²) in [5, 5.41) is 3.18. The Labute approximate surface area is 146 Å². The molecule has 1 fully saturated rings. The molecule has 0 radical (unpaired) electrons. The molecule has 1 amide bonds. The second kappa shape index (κ2) is 6.83. The van der Waals surface area contributed by atoms with Gasteiger partial charge in [0, 0.05) is 12.1 Å². The largest absolute Gasteiger partial charge is 0.321 e. The molecule has 2 aromatic carbocycles. The lowest BCUT2D eigenvalue weighted by Gasteiger charge is -2.28.